The van der Waals surface area contributed by atoms with E-state index in [0.717, 1.165) is 34.2 Å². The number of carbonyl (C=O) groups is 2. The van der Waals surface area contributed by atoms with Gasteiger partial charge in [0, 0.05) is 58.6 Å². The lowest BCUT2D eigenvalue weighted by molar-refractivity contribution is -0.135. The van der Waals surface area contributed by atoms with Crippen LogP contribution in [0.4, 0.5) is 11.5 Å². The van der Waals surface area contributed by atoms with E-state index in [1.54, 1.807) is 36.4 Å². The third kappa shape index (κ3) is 6.17. The third-order valence-electron chi connectivity index (χ3n) is 8.76. The van der Waals surface area contributed by atoms with Crippen LogP contribution < -0.4 is 22.3 Å². The van der Waals surface area contributed by atoms with Crippen LogP contribution in [-0.2, 0) is 4.79 Å². The van der Waals surface area contributed by atoms with Crippen LogP contribution in [0.25, 0.3) is 22.3 Å². The Hall–Kier alpha value is -5.04. The Bertz CT molecular complexity index is 2140. The van der Waals surface area contributed by atoms with Gasteiger partial charge in [-0.3, -0.25) is 19.0 Å². The number of amides is 2. The van der Waals surface area contributed by atoms with Crippen molar-refractivity contribution in [2.45, 2.75) is 52.5 Å². The average Bonchev–Trinajstić information content (AvgIpc) is 3.46. The van der Waals surface area contributed by atoms with Crippen LogP contribution in [0.5, 0.6) is 0 Å². The molecule has 1 aliphatic rings. The summed E-state index contributed by atoms with van der Waals surface area (Å²) in [5.74, 6) is 0.0311. The molecule has 6 rings (SSSR count). The first kappa shape index (κ1) is 32.9. The monoisotopic (exact) mass is 712 g/mol. The van der Waals surface area contributed by atoms with E-state index in [1.165, 1.54) is 17.1 Å². The summed E-state index contributed by atoms with van der Waals surface area (Å²) < 4.78 is 4.92. The summed E-state index contributed by atoms with van der Waals surface area (Å²) in [6, 6.07) is 15.8. The first-order chi connectivity index (χ1) is 22.9. The van der Waals surface area contributed by atoms with E-state index in [2.05, 4.69) is 37.4 Å². The fraction of sp³-hybridized carbons (Fsp3) is 0.314. The Kier molecular flexibility index (Phi) is 9.06. The number of piperidine rings is 1. The number of aromatic nitrogens is 5. The van der Waals surface area contributed by atoms with Gasteiger partial charge in [-0.25, -0.2) is 18.9 Å². The quantitative estimate of drug-likeness (QED) is 0.234. The van der Waals surface area contributed by atoms with E-state index in [9.17, 15) is 19.2 Å². The van der Waals surface area contributed by atoms with E-state index < -0.39 is 17.2 Å². The van der Waals surface area contributed by atoms with Gasteiger partial charge >= 0.3 is 5.69 Å². The first-order valence-electron chi connectivity index (χ1n) is 15.9. The molecule has 0 aliphatic carbocycles. The summed E-state index contributed by atoms with van der Waals surface area (Å²) in [7, 11) is 0. The predicted molar refractivity (Wildman–Crippen MR) is 189 cm³/mol. The molecule has 0 atom stereocenters. The Morgan fingerprint density at radius 3 is 2.35 bits per heavy atom. The summed E-state index contributed by atoms with van der Waals surface area (Å²) in [4.78, 5) is 59.1. The maximum absolute atomic E-state index is 13.5. The maximum atomic E-state index is 13.5. The molecule has 3 aromatic heterocycles. The highest BCUT2D eigenvalue weighted by Crippen LogP contribution is 2.37. The SMILES string of the molecule is CC(C)C(=O)N1CCC(c2cc(-c3ccc(NC(=O)c4cn(C(C)C)c(=O)n(-c5cccc(Br)c5)c4=O)cc3)c3c(N)ncnn23)CC1. The molecule has 1 fully saturated rings. The molecule has 1 saturated heterocycles. The van der Waals surface area contributed by atoms with Crippen LogP contribution in [0.15, 0.2) is 81.2 Å². The second-order valence-corrected chi connectivity index (χ2v) is 13.5. The summed E-state index contributed by atoms with van der Waals surface area (Å²) in [6.07, 6.45) is 4.38. The van der Waals surface area contributed by atoms with Crippen LogP contribution in [0.2, 0.25) is 0 Å². The number of anilines is 2. The molecule has 3 N–H and O–H groups in total. The van der Waals surface area contributed by atoms with Gasteiger partial charge in [-0.2, -0.15) is 5.10 Å². The zero-order valence-corrected chi connectivity index (χ0v) is 28.8. The van der Waals surface area contributed by atoms with Crippen molar-refractivity contribution in [2.24, 2.45) is 5.92 Å². The molecular weight excluding hydrogens is 676 g/mol. The molecule has 0 bridgehead atoms. The zero-order valence-electron chi connectivity index (χ0n) is 27.2. The molecule has 4 heterocycles. The molecular formula is C35H37BrN8O4. The summed E-state index contributed by atoms with van der Waals surface area (Å²) >= 11 is 3.39. The Morgan fingerprint density at radius 2 is 1.71 bits per heavy atom. The topological polar surface area (TPSA) is 150 Å². The zero-order chi connectivity index (χ0) is 34.3. The number of halogens is 1. The molecule has 12 nitrogen and oxygen atoms in total. The molecule has 248 valence electrons. The molecule has 48 heavy (non-hydrogen) atoms. The van der Waals surface area contributed by atoms with E-state index in [0.29, 0.717) is 40.3 Å². The number of likely N-dealkylation sites (tertiary alicyclic amines) is 1. The number of nitrogens with one attached hydrogen (secondary N) is 1. The Balaban J connectivity index is 1.29. The summed E-state index contributed by atoms with van der Waals surface area (Å²) in [5, 5.41) is 7.35. The van der Waals surface area contributed by atoms with Gasteiger partial charge in [-0.1, -0.05) is 48.0 Å². The number of carbonyl (C=O) groups excluding carboxylic acids is 2. The minimum absolute atomic E-state index is 0.0342. The third-order valence-corrected chi connectivity index (χ3v) is 9.26. The van der Waals surface area contributed by atoms with Crippen molar-refractivity contribution in [1.29, 1.82) is 0 Å². The van der Waals surface area contributed by atoms with Crippen LogP contribution in [0.1, 0.15) is 68.5 Å². The van der Waals surface area contributed by atoms with Crippen LogP contribution in [-0.4, -0.2) is 53.5 Å². The van der Waals surface area contributed by atoms with Crippen molar-refractivity contribution in [3.63, 3.8) is 0 Å². The Morgan fingerprint density at radius 1 is 1.00 bits per heavy atom. The highest BCUT2D eigenvalue weighted by Gasteiger charge is 2.28. The van der Waals surface area contributed by atoms with Crippen molar-refractivity contribution in [1.82, 2.24) is 28.6 Å². The molecule has 0 saturated carbocycles. The smallest absolute Gasteiger partial charge is 0.335 e. The van der Waals surface area contributed by atoms with Crippen molar-refractivity contribution in [2.75, 3.05) is 24.1 Å². The number of benzene rings is 2. The molecule has 2 amide bonds. The van der Waals surface area contributed by atoms with Crippen molar-refractivity contribution in [3.05, 3.63) is 104 Å². The van der Waals surface area contributed by atoms with Gasteiger partial charge in [-0.15, -0.1) is 0 Å². The number of hydrogen-bond donors (Lipinski definition) is 2. The van der Waals surface area contributed by atoms with Crippen molar-refractivity contribution in [3.8, 4) is 16.8 Å². The van der Waals surface area contributed by atoms with Gasteiger partial charge in [0.25, 0.3) is 11.5 Å². The molecule has 1 aliphatic heterocycles. The largest absolute Gasteiger partial charge is 0.382 e. The van der Waals surface area contributed by atoms with Crippen molar-refractivity contribution < 1.29 is 9.59 Å². The van der Waals surface area contributed by atoms with E-state index >= 15 is 0 Å². The number of nitrogens with zero attached hydrogens (tertiary/aromatic N) is 6. The normalized spacial score (nSPS) is 13.9. The number of fused-ring (bicyclic) bond motifs is 1. The number of rotatable bonds is 7. The van der Waals surface area contributed by atoms with Crippen LogP contribution >= 0.6 is 15.9 Å². The summed E-state index contributed by atoms with van der Waals surface area (Å²) in [5.41, 5.74) is 9.16. The molecule has 13 heteroatoms. The molecule has 2 aromatic carbocycles. The number of nitrogens with two attached hydrogens (primary N) is 1. The summed E-state index contributed by atoms with van der Waals surface area (Å²) in [6.45, 7) is 8.83. The van der Waals surface area contributed by atoms with Crippen molar-refractivity contribution >= 4 is 44.8 Å². The molecule has 0 unspecified atom stereocenters. The average molecular weight is 714 g/mol. The van der Waals surface area contributed by atoms with Gasteiger partial charge in [0.2, 0.25) is 5.91 Å². The van der Waals surface area contributed by atoms with Gasteiger partial charge in [0.15, 0.2) is 5.82 Å². The van der Waals surface area contributed by atoms with E-state index in [4.69, 9.17) is 5.73 Å². The number of nitrogen functional groups attached to an aromatic ring is 1. The first-order valence-corrected chi connectivity index (χ1v) is 16.7. The van der Waals surface area contributed by atoms with Crippen LogP contribution in [0.3, 0.4) is 0 Å². The van der Waals surface area contributed by atoms with Gasteiger partial charge in [-0.05, 0) is 68.7 Å². The maximum Gasteiger partial charge on any atom is 0.335 e. The highest BCUT2D eigenvalue weighted by atomic mass is 79.9. The second kappa shape index (κ2) is 13.2. The fourth-order valence-electron chi connectivity index (χ4n) is 6.24. The fourth-order valence-corrected chi connectivity index (χ4v) is 6.62. The van der Waals surface area contributed by atoms with Gasteiger partial charge < -0.3 is 16.0 Å². The van der Waals surface area contributed by atoms with E-state index in [-0.39, 0.29) is 29.3 Å². The molecule has 0 radical (unpaired) electrons. The molecule has 5 aromatic rings. The second-order valence-electron chi connectivity index (χ2n) is 12.6. The van der Waals surface area contributed by atoms with Gasteiger partial charge in [0.1, 0.15) is 17.4 Å². The Labute approximate surface area is 285 Å². The molecule has 0 spiro atoms. The van der Waals surface area contributed by atoms with Crippen LogP contribution in [0, 0.1) is 5.92 Å². The standard InChI is InChI=1S/C35H37BrN8O4/c1-20(2)33(46)41-14-12-23(13-15-41)29-17-27(30-31(37)38-19-39-44(29)30)22-8-10-25(11-9-22)40-32(45)28-18-42(21(3)4)35(48)43(34(28)47)26-7-5-6-24(36)16-26/h5-11,16-21,23H,12-15H2,1-4H3,(H,40,45)(H2,37,38,39). The lowest BCUT2D eigenvalue weighted by Crippen LogP contribution is -2.42. The minimum Gasteiger partial charge on any atom is -0.382 e. The van der Waals surface area contributed by atoms with E-state index in [1.807, 2.05) is 49.2 Å². The number of hydrogen-bond acceptors (Lipinski definition) is 7. The lowest BCUT2D eigenvalue weighted by atomic mass is 9.92. The van der Waals surface area contributed by atoms with Gasteiger partial charge in [0.05, 0.1) is 5.69 Å². The predicted octanol–water partition coefficient (Wildman–Crippen LogP) is 5.25. The lowest BCUT2D eigenvalue weighted by Gasteiger charge is -2.33. The highest BCUT2D eigenvalue weighted by molar-refractivity contribution is 9.10. The minimum atomic E-state index is -0.716.